The minimum atomic E-state index is 0.782. The number of nitrogens with one attached hydrogen (secondary N) is 1. The van der Waals surface area contributed by atoms with Crippen molar-refractivity contribution in [3.05, 3.63) is 40.9 Å². The first-order valence-corrected chi connectivity index (χ1v) is 5.38. The van der Waals surface area contributed by atoms with Gasteiger partial charge < -0.3 is 5.32 Å². The molecular weight excluding hydrogens is 194 g/mol. The van der Waals surface area contributed by atoms with E-state index >= 15 is 0 Å². The fourth-order valence-electron chi connectivity index (χ4n) is 1.29. The molecule has 1 aliphatic carbocycles. The molecule has 1 fully saturated rings. The van der Waals surface area contributed by atoms with E-state index in [9.17, 15) is 0 Å². The number of hydrogen-bond acceptors (Lipinski definition) is 1. The van der Waals surface area contributed by atoms with Gasteiger partial charge in [0.25, 0.3) is 0 Å². The van der Waals surface area contributed by atoms with Crippen LogP contribution in [-0.4, -0.2) is 12.6 Å². The highest BCUT2D eigenvalue weighted by Crippen LogP contribution is 2.18. The van der Waals surface area contributed by atoms with Crippen LogP contribution in [0.25, 0.3) is 6.08 Å². The quantitative estimate of drug-likeness (QED) is 0.800. The molecule has 1 aromatic carbocycles. The molecule has 0 radical (unpaired) electrons. The van der Waals surface area contributed by atoms with Crippen LogP contribution < -0.4 is 5.32 Å². The van der Waals surface area contributed by atoms with Crippen LogP contribution in [-0.2, 0) is 0 Å². The maximum Gasteiger partial charge on any atom is 0.0406 e. The van der Waals surface area contributed by atoms with E-state index in [-0.39, 0.29) is 0 Å². The molecule has 0 atom stereocenters. The zero-order chi connectivity index (χ0) is 9.80. The Balaban J connectivity index is 1.80. The summed E-state index contributed by atoms with van der Waals surface area (Å²) in [7, 11) is 0. The summed E-state index contributed by atoms with van der Waals surface area (Å²) in [6, 6.07) is 8.65. The second kappa shape index (κ2) is 4.63. The third-order valence-electron chi connectivity index (χ3n) is 2.28. The van der Waals surface area contributed by atoms with Gasteiger partial charge in [-0.15, -0.1) is 0 Å². The van der Waals surface area contributed by atoms with Crippen molar-refractivity contribution < 1.29 is 0 Å². The number of halogens is 1. The summed E-state index contributed by atoms with van der Waals surface area (Å²) in [6.45, 7) is 0.966. The molecule has 0 bridgehead atoms. The highest BCUT2D eigenvalue weighted by molar-refractivity contribution is 6.30. The summed E-state index contributed by atoms with van der Waals surface area (Å²) in [6.07, 6.45) is 6.96. The lowest BCUT2D eigenvalue weighted by Gasteiger charge is -1.96. The maximum absolute atomic E-state index is 5.79. The van der Waals surface area contributed by atoms with Gasteiger partial charge in [-0.3, -0.25) is 0 Å². The predicted octanol–water partition coefficient (Wildman–Crippen LogP) is 3.11. The molecule has 14 heavy (non-hydrogen) atoms. The van der Waals surface area contributed by atoms with Gasteiger partial charge in [-0.2, -0.15) is 0 Å². The van der Waals surface area contributed by atoms with Crippen LogP contribution in [0.5, 0.6) is 0 Å². The first kappa shape index (κ1) is 9.75. The number of hydrogen-bond donors (Lipinski definition) is 1. The van der Waals surface area contributed by atoms with E-state index in [2.05, 4.69) is 17.5 Å². The highest BCUT2D eigenvalue weighted by atomic mass is 35.5. The van der Waals surface area contributed by atoms with Gasteiger partial charge in [0.05, 0.1) is 0 Å². The summed E-state index contributed by atoms with van der Waals surface area (Å²) in [5.41, 5.74) is 1.20. The van der Waals surface area contributed by atoms with Crippen molar-refractivity contribution in [3.8, 4) is 0 Å². The third kappa shape index (κ3) is 3.17. The smallest absolute Gasteiger partial charge is 0.0406 e. The predicted molar refractivity (Wildman–Crippen MR) is 61.5 cm³/mol. The molecule has 2 heteroatoms. The second-order valence-electron chi connectivity index (χ2n) is 3.64. The largest absolute Gasteiger partial charge is 0.311 e. The first-order valence-electron chi connectivity index (χ1n) is 5.00. The van der Waals surface area contributed by atoms with Gasteiger partial charge in [0.1, 0.15) is 0 Å². The van der Waals surface area contributed by atoms with Crippen LogP contribution in [0.1, 0.15) is 18.4 Å². The Kier molecular flexibility index (Phi) is 3.22. The standard InChI is InChI=1S/C12H14ClN/c13-11-5-3-10(4-6-11)2-1-9-14-12-7-8-12/h1-6,12,14H,7-9H2. The number of benzene rings is 1. The zero-order valence-electron chi connectivity index (χ0n) is 8.04. The molecule has 2 rings (SSSR count). The zero-order valence-corrected chi connectivity index (χ0v) is 8.80. The minimum absolute atomic E-state index is 0.782. The van der Waals surface area contributed by atoms with Crippen molar-refractivity contribution in [3.63, 3.8) is 0 Å². The van der Waals surface area contributed by atoms with Crippen LogP contribution in [0.3, 0.4) is 0 Å². The molecule has 0 aliphatic heterocycles. The van der Waals surface area contributed by atoms with E-state index in [0.717, 1.165) is 17.6 Å². The van der Waals surface area contributed by atoms with Crippen molar-refractivity contribution in [2.75, 3.05) is 6.54 Å². The molecule has 1 saturated carbocycles. The molecule has 1 N–H and O–H groups in total. The summed E-state index contributed by atoms with van der Waals surface area (Å²) in [5.74, 6) is 0. The normalized spacial score (nSPS) is 16.4. The van der Waals surface area contributed by atoms with Gasteiger partial charge >= 0.3 is 0 Å². The van der Waals surface area contributed by atoms with E-state index in [1.165, 1.54) is 18.4 Å². The molecule has 0 heterocycles. The van der Waals surface area contributed by atoms with Crippen LogP contribution in [0.4, 0.5) is 0 Å². The van der Waals surface area contributed by atoms with Crippen LogP contribution in [0, 0.1) is 0 Å². The second-order valence-corrected chi connectivity index (χ2v) is 4.07. The van der Waals surface area contributed by atoms with Gasteiger partial charge in [-0.25, -0.2) is 0 Å². The average molecular weight is 208 g/mol. The van der Waals surface area contributed by atoms with E-state index < -0.39 is 0 Å². The van der Waals surface area contributed by atoms with Crippen molar-refractivity contribution in [1.82, 2.24) is 5.32 Å². The lowest BCUT2D eigenvalue weighted by atomic mass is 10.2. The van der Waals surface area contributed by atoms with Gasteiger partial charge in [0.2, 0.25) is 0 Å². The van der Waals surface area contributed by atoms with Gasteiger partial charge in [-0.05, 0) is 30.5 Å². The molecule has 0 aromatic heterocycles. The Morgan fingerprint density at radius 2 is 2.00 bits per heavy atom. The van der Waals surface area contributed by atoms with Crippen LogP contribution >= 0.6 is 11.6 Å². The Morgan fingerprint density at radius 1 is 1.29 bits per heavy atom. The van der Waals surface area contributed by atoms with E-state index in [4.69, 9.17) is 11.6 Å². The molecule has 74 valence electrons. The van der Waals surface area contributed by atoms with Crippen LogP contribution in [0.15, 0.2) is 30.3 Å². The van der Waals surface area contributed by atoms with Crippen molar-refractivity contribution in [1.29, 1.82) is 0 Å². The number of rotatable bonds is 4. The third-order valence-corrected chi connectivity index (χ3v) is 2.53. The van der Waals surface area contributed by atoms with E-state index in [1.807, 2.05) is 24.3 Å². The lowest BCUT2D eigenvalue weighted by molar-refractivity contribution is 0.754. The molecule has 0 amide bonds. The fraction of sp³-hybridized carbons (Fsp3) is 0.333. The Hall–Kier alpha value is -0.790. The maximum atomic E-state index is 5.79. The monoisotopic (exact) mass is 207 g/mol. The SMILES string of the molecule is Clc1ccc(C=CCNC2CC2)cc1. The Morgan fingerprint density at radius 3 is 2.64 bits per heavy atom. The van der Waals surface area contributed by atoms with Gasteiger partial charge in [0.15, 0.2) is 0 Å². The summed E-state index contributed by atoms with van der Waals surface area (Å²) >= 11 is 5.79. The molecule has 0 unspecified atom stereocenters. The summed E-state index contributed by atoms with van der Waals surface area (Å²) in [5, 5.41) is 4.22. The Bertz CT molecular complexity index is 312. The van der Waals surface area contributed by atoms with E-state index in [1.54, 1.807) is 0 Å². The average Bonchev–Trinajstić information content (AvgIpc) is 2.99. The van der Waals surface area contributed by atoms with Gasteiger partial charge in [-0.1, -0.05) is 35.9 Å². The molecule has 1 aliphatic rings. The first-order chi connectivity index (χ1) is 6.84. The Labute approximate surface area is 89.8 Å². The van der Waals surface area contributed by atoms with Crippen LogP contribution in [0.2, 0.25) is 5.02 Å². The van der Waals surface area contributed by atoms with Crippen molar-refractivity contribution >= 4 is 17.7 Å². The molecule has 1 aromatic rings. The topological polar surface area (TPSA) is 12.0 Å². The summed E-state index contributed by atoms with van der Waals surface area (Å²) < 4.78 is 0. The van der Waals surface area contributed by atoms with E-state index in [0.29, 0.717) is 0 Å². The van der Waals surface area contributed by atoms with Gasteiger partial charge in [0, 0.05) is 17.6 Å². The highest BCUT2D eigenvalue weighted by Gasteiger charge is 2.18. The minimum Gasteiger partial charge on any atom is -0.311 e. The lowest BCUT2D eigenvalue weighted by Crippen LogP contribution is -2.15. The fourth-order valence-corrected chi connectivity index (χ4v) is 1.42. The van der Waals surface area contributed by atoms with Crippen molar-refractivity contribution in [2.24, 2.45) is 0 Å². The molecule has 0 spiro atoms. The van der Waals surface area contributed by atoms with Crippen molar-refractivity contribution in [2.45, 2.75) is 18.9 Å². The molecule has 1 nitrogen and oxygen atoms in total. The summed E-state index contributed by atoms with van der Waals surface area (Å²) in [4.78, 5) is 0. The molecular formula is C12H14ClN. The molecule has 0 saturated heterocycles.